The molecular formula is C24H29NO7. The van der Waals surface area contributed by atoms with Crippen molar-refractivity contribution in [1.82, 2.24) is 5.32 Å². The normalized spacial score (nSPS) is 20.2. The predicted molar refractivity (Wildman–Crippen MR) is 115 cm³/mol. The first-order chi connectivity index (χ1) is 15.4. The molecule has 1 aliphatic heterocycles. The summed E-state index contributed by atoms with van der Waals surface area (Å²) in [5, 5.41) is 10.9. The van der Waals surface area contributed by atoms with Crippen LogP contribution in [0.3, 0.4) is 0 Å². The number of imide groups is 1. The summed E-state index contributed by atoms with van der Waals surface area (Å²) in [5.74, 6) is -2.64. The SMILES string of the molecule is O=C(O)CCCCCCCOc1cccc2c1C(=O)C(CCC1CCC(=O)NC1=O)C2=O. The molecule has 0 spiro atoms. The zero-order valence-corrected chi connectivity index (χ0v) is 18.1. The van der Waals surface area contributed by atoms with Crippen molar-refractivity contribution in [3.05, 3.63) is 29.3 Å². The molecule has 0 radical (unpaired) electrons. The fourth-order valence-electron chi connectivity index (χ4n) is 4.33. The van der Waals surface area contributed by atoms with Crippen LogP contribution in [0.4, 0.5) is 0 Å². The molecule has 1 saturated heterocycles. The van der Waals surface area contributed by atoms with Crippen molar-refractivity contribution in [1.29, 1.82) is 0 Å². The number of Topliss-reactive ketones (excluding diaryl/α,β-unsaturated/α-hetero) is 2. The number of ketones is 2. The molecule has 1 fully saturated rings. The van der Waals surface area contributed by atoms with Gasteiger partial charge in [-0.25, -0.2) is 0 Å². The second-order valence-corrected chi connectivity index (χ2v) is 8.45. The van der Waals surface area contributed by atoms with Crippen molar-refractivity contribution in [2.45, 2.75) is 64.2 Å². The molecule has 2 N–H and O–H groups in total. The number of carboxylic acid groups (broad SMARTS) is 1. The Morgan fingerprint density at radius 1 is 1.00 bits per heavy atom. The Morgan fingerprint density at radius 3 is 2.50 bits per heavy atom. The minimum absolute atomic E-state index is 0.188. The summed E-state index contributed by atoms with van der Waals surface area (Å²) in [4.78, 5) is 59.6. The number of hydrogen-bond acceptors (Lipinski definition) is 6. The largest absolute Gasteiger partial charge is 0.493 e. The van der Waals surface area contributed by atoms with Gasteiger partial charge in [0.25, 0.3) is 0 Å². The van der Waals surface area contributed by atoms with Crippen molar-refractivity contribution < 1.29 is 33.8 Å². The van der Waals surface area contributed by atoms with Gasteiger partial charge < -0.3 is 9.84 Å². The van der Waals surface area contributed by atoms with Crippen LogP contribution in [0.5, 0.6) is 5.75 Å². The van der Waals surface area contributed by atoms with E-state index in [9.17, 15) is 24.0 Å². The first-order valence-electron chi connectivity index (χ1n) is 11.3. The van der Waals surface area contributed by atoms with Gasteiger partial charge in [-0.1, -0.05) is 31.4 Å². The molecule has 8 nitrogen and oxygen atoms in total. The van der Waals surface area contributed by atoms with Gasteiger partial charge in [-0.3, -0.25) is 29.3 Å². The van der Waals surface area contributed by atoms with E-state index < -0.39 is 11.9 Å². The molecule has 1 aliphatic carbocycles. The number of amides is 2. The maximum Gasteiger partial charge on any atom is 0.303 e. The van der Waals surface area contributed by atoms with E-state index in [2.05, 4.69) is 5.32 Å². The van der Waals surface area contributed by atoms with Gasteiger partial charge in [0.2, 0.25) is 11.8 Å². The number of aliphatic carboxylic acids is 1. The van der Waals surface area contributed by atoms with E-state index in [1.54, 1.807) is 18.2 Å². The van der Waals surface area contributed by atoms with E-state index in [0.717, 1.165) is 25.7 Å². The van der Waals surface area contributed by atoms with Crippen LogP contribution >= 0.6 is 0 Å². The monoisotopic (exact) mass is 443 g/mol. The van der Waals surface area contributed by atoms with E-state index in [4.69, 9.17) is 9.84 Å². The number of carbonyl (C=O) groups is 5. The third kappa shape index (κ3) is 5.81. The predicted octanol–water partition coefficient (Wildman–Crippen LogP) is 3.32. The van der Waals surface area contributed by atoms with Crippen LogP contribution in [-0.2, 0) is 14.4 Å². The Hall–Kier alpha value is -3.03. The van der Waals surface area contributed by atoms with Crippen LogP contribution in [0.1, 0.15) is 84.9 Å². The lowest BCUT2D eigenvalue weighted by atomic mass is 9.88. The van der Waals surface area contributed by atoms with Gasteiger partial charge in [0.1, 0.15) is 5.75 Å². The number of ether oxygens (including phenoxy) is 1. The van der Waals surface area contributed by atoms with Crippen molar-refractivity contribution in [3.63, 3.8) is 0 Å². The smallest absolute Gasteiger partial charge is 0.303 e. The summed E-state index contributed by atoms with van der Waals surface area (Å²) in [6.07, 6.45) is 5.68. The molecule has 3 rings (SSSR count). The van der Waals surface area contributed by atoms with E-state index in [1.807, 2.05) is 0 Å². The Labute approximate surface area is 186 Å². The molecule has 1 heterocycles. The number of fused-ring (bicyclic) bond motifs is 1. The van der Waals surface area contributed by atoms with E-state index in [0.29, 0.717) is 42.7 Å². The Morgan fingerprint density at radius 2 is 1.75 bits per heavy atom. The van der Waals surface area contributed by atoms with Crippen molar-refractivity contribution in [2.24, 2.45) is 11.8 Å². The van der Waals surface area contributed by atoms with Crippen molar-refractivity contribution in [2.75, 3.05) is 6.61 Å². The lowest BCUT2D eigenvalue weighted by Gasteiger charge is -2.21. The number of unbranched alkanes of at least 4 members (excludes halogenated alkanes) is 4. The number of piperidine rings is 1. The quantitative estimate of drug-likeness (QED) is 0.288. The first-order valence-corrected chi connectivity index (χ1v) is 11.3. The summed E-state index contributed by atoms with van der Waals surface area (Å²) >= 11 is 0. The van der Waals surface area contributed by atoms with E-state index in [-0.39, 0.29) is 48.6 Å². The standard InChI is InChI=1S/C24H29NO7/c26-19-13-11-15(24(31)25-19)10-12-17-22(29)16-7-6-8-18(21(16)23(17)30)32-14-5-3-1-2-4-9-20(27)28/h6-8,15,17H,1-5,9-14H2,(H,27,28)(H,25,26,31). The van der Waals surface area contributed by atoms with E-state index in [1.165, 1.54) is 0 Å². The average Bonchev–Trinajstić information content (AvgIpc) is 3.00. The number of carbonyl (C=O) groups excluding carboxylic acids is 4. The highest BCUT2D eigenvalue weighted by molar-refractivity contribution is 6.27. The van der Waals surface area contributed by atoms with E-state index >= 15 is 0 Å². The van der Waals surface area contributed by atoms with Crippen molar-refractivity contribution >= 4 is 29.4 Å². The summed E-state index contributed by atoms with van der Waals surface area (Å²) in [5.41, 5.74) is 0.696. The number of carboxylic acids is 1. The lowest BCUT2D eigenvalue weighted by molar-refractivity contribution is -0.138. The molecule has 32 heavy (non-hydrogen) atoms. The van der Waals surface area contributed by atoms with Crippen LogP contribution in [-0.4, -0.2) is 41.1 Å². The zero-order chi connectivity index (χ0) is 23.1. The van der Waals surface area contributed by atoms with Crippen molar-refractivity contribution in [3.8, 4) is 5.75 Å². The van der Waals surface area contributed by atoms with Gasteiger partial charge in [-0.15, -0.1) is 0 Å². The molecule has 2 amide bonds. The minimum Gasteiger partial charge on any atom is -0.493 e. The maximum absolute atomic E-state index is 13.0. The maximum atomic E-state index is 13.0. The summed E-state index contributed by atoms with van der Waals surface area (Å²) < 4.78 is 5.82. The Bertz CT molecular complexity index is 908. The van der Waals surface area contributed by atoms with Gasteiger partial charge in [0.05, 0.1) is 18.1 Å². The second-order valence-electron chi connectivity index (χ2n) is 8.45. The van der Waals surface area contributed by atoms with Crippen LogP contribution in [0.15, 0.2) is 18.2 Å². The van der Waals surface area contributed by atoms with Crippen LogP contribution in [0.2, 0.25) is 0 Å². The molecule has 8 heteroatoms. The number of hydrogen-bond donors (Lipinski definition) is 2. The molecule has 172 valence electrons. The first kappa shape index (κ1) is 23.6. The van der Waals surface area contributed by atoms with Crippen LogP contribution < -0.4 is 10.1 Å². The molecular weight excluding hydrogens is 414 g/mol. The average molecular weight is 443 g/mol. The fourth-order valence-corrected chi connectivity index (χ4v) is 4.33. The molecule has 0 aromatic heterocycles. The Balaban J connectivity index is 1.50. The lowest BCUT2D eigenvalue weighted by Crippen LogP contribution is -2.40. The topological polar surface area (TPSA) is 127 Å². The number of rotatable bonds is 12. The molecule has 0 saturated carbocycles. The molecule has 2 unspecified atom stereocenters. The number of nitrogens with one attached hydrogen (secondary N) is 1. The highest BCUT2D eigenvalue weighted by atomic mass is 16.5. The van der Waals surface area contributed by atoms with Gasteiger partial charge >= 0.3 is 5.97 Å². The highest BCUT2D eigenvalue weighted by Crippen LogP contribution is 2.37. The third-order valence-electron chi connectivity index (χ3n) is 6.12. The molecule has 2 atom stereocenters. The van der Waals surface area contributed by atoms with Crippen LogP contribution in [0.25, 0.3) is 0 Å². The third-order valence-corrected chi connectivity index (χ3v) is 6.12. The van der Waals surface area contributed by atoms with Gasteiger partial charge in [-0.05, 0) is 38.2 Å². The van der Waals surface area contributed by atoms with Gasteiger partial charge in [0.15, 0.2) is 11.6 Å². The Kier molecular flexibility index (Phi) is 8.14. The summed E-state index contributed by atoms with van der Waals surface area (Å²) in [6.45, 7) is 0.414. The zero-order valence-electron chi connectivity index (χ0n) is 18.1. The second kappa shape index (κ2) is 11.0. The summed E-state index contributed by atoms with van der Waals surface area (Å²) in [7, 11) is 0. The number of benzene rings is 1. The van der Waals surface area contributed by atoms with Gasteiger partial charge in [0, 0.05) is 24.3 Å². The summed E-state index contributed by atoms with van der Waals surface area (Å²) in [6, 6.07) is 5.03. The minimum atomic E-state index is -0.811. The molecule has 2 aliphatic rings. The molecule has 1 aromatic carbocycles. The molecule has 0 bridgehead atoms. The fraction of sp³-hybridized carbons (Fsp3) is 0.542. The highest BCUT2D eigenvalue weighted by Gasteiger charge is 2.41. The van der Waals surface area contributed by atoms with Crippen LogP contribution in [0, 0.1) is 11.8 Å². The van der Waals surface area contributed by atoms with Gasteiger partial charge in [-0.2, -0.15) is 0 Å². The molecule has 1 aromatic rings.